The second kappa shape index (κ2) is 9.92. The summed E-state index contributed by atoms with van der Waals surface area (Å²) in [5.74, 6) is -0.0106. The van der Waals surface area contributed by atoms with Crippen molar-refractivity contribution in [3.63, 3.8) is 0 Å². The van der Waals surface area contributed by atoms with Crippen LogP contribution in [0.1, 0.15) is 40.5 Å². The van der Waals surface area contributed by atoms with Gasteiger partial charge in [-0.15, -0.1) is 0 Å². The van der Waals surface area contributed by atoms with Crippen LogP contribution in [0.25, 0.3) is 5.69 Å². The predicted molar refractivity (Wildman–Crippen MR) is 120 cm³/mol. The van der Waals surface area contributed by atoms with Crippen LogP contribution in [-0.2, 0) is 4.79 Å². The Morgan fingerprint density at radius 3 is 2.39 bits per heavy atom. The molecule has 0 unspecified atom stereocenters. The summed E-state index contributed by atoms with van der Waals surface area (Å²) in [7, 11) is 0. The summed E-state index contributed by atoms with van der Waals surface area (Å²) in [6, 6.07) is 16.2. The molecule has 3 aromatic rings. The number of carbonyl (C=O) groups excluding carboxylic acids is 2. The van der Waals surface area contributed by atoms with Gasteiger partial charge in [-0.25, -0.2) is 4.68 Å². The number of nitriles is 1. The Bertz CT molecular complexity index is 1130. The van der Waals surface area contributed by atoms with E-state index in [0.717, 1.165) is 5.56 Å². The van der Waals surface area contributed by atoms with Crippen LogP contribution in [0, 0.1) is 18.3 Å². The molecular formula is C23H22ClN5O2. The highest BCUT2D eigenvalue weighted by Gasteiger charge is 2.24. The van der Waals surface area contributed by atoms with Crippen molar-refractivity contribution in [3.05, 3.63) is 75.9 Å². The maximum atomic E-state index is 13.1. The average Bonchev–Trinajstić information content (AvgIpc) is 3.12. The van der Waals surface area contributed by atoms with E-state index in [1.807, 2.05) is 19.1 Å². The van der Waals surface area contributed by atoms with E-state index in [9.17, 15) is 14.9 Å². The number of hydrogen-bond acceptors (Lipinski definition) is 5. The number of anilines is 1. The third kappa shape index (κ3) is 5.30. The van der Waals surface area contributed by atoms with Gasteiger partial charge in [-0.3, -0.25) is 9.59 Å². The van der Waals surface area contributed by atoms with Gasteiger partial charge in [0.2, 0.25) is 11.7 Å². The lowest BCUT2D eigenvalue weighted by atomic mass is 10.0. The fraction of sp³-hybridized carbons (Fsp3) is 0.217. The van der Waals surface area contributed by atoms with Crippen LogP contribution in [0.3, 0.4) is 0 Å². The molecule has 1 heterocycles. The van der Waals surface area contributed by atoms with Crippen LogP contribution in [0.4, 0.5) is 5.82 Å². The molecule has 2 aromatic carbocycles. The lowest BCUT2D eigenvalue weighted by Crippen LogP contribution is -2.23. The number of hydrogen-bond donors (Lipinski definition) is 2. The average molecular weight is 436 g/mol. The van der Waals surface area contributed by atoms with E-state index in [4.69, 9.17) is 11.6 Å². The number of aromatic nitrogens is 2. The number of nitrogens with zero attached hydrogens (tertiary/aromatic N) is 3. The van der Waals surface area contributed by atoms with Gasteiger partial charge < -0.3 is 10.6 Å². The smallest absolute Gasteiger partial charge is 0.216 e. The zero-order valence-electron chi connectivity index (χ0n) is 17.3. The first-order valence-corrected chi connectivity index (χ1v) is 10.2. The van der Waals surface area contributed by atoms with E-state index < -0.39 is 0 Å². The number of rotatable bonds is 8. The molecule has 0 saturated carbocycles. The quantitative estimate of drug-likeness (QED) is 0.413. The van der Waals surface area contributed by atoms with Crippen molar-refractivity contribution >= 4 is 29.1 Å². The van der Waals surface area contributed by atoms with Crippen LogP contribution in [-0.4, -0.2) is 34.6 Å². The van der Waals surface area contributed by atoms with Crippen molar-refractivity contribution in [2.75, 3.05) is 18.4 Å². The van der Waals surface area contributed by atoms with Gasteiger partial charge in [0.05, 0.1) is 5.69 Å². The molecule has 158 valence electrons. The van der Waals surface area contributed by atoms with Gasteiger partial charge in [0.25, 0.3) is 0 Å². The highest BCUT2D eigenvalue weighted by Crippen LogP contribution is 2.26. The molecule has 31 heavy (non-hydrogen) atoms. The Hall–Kier alpha value is -3.63. The predicted octanol–water partition coefficient (Wildman–Crippen LogP) is 3.87. The number of aryl methyl sites for hydroxylation is 1. The van der Waals surface area contributed by atoms with E-state index in [1.54, 1.807) is 36.4 Å². The topological polar surface area (TPSA) is 99.8 Å². The SMILES string of the molecule is CC(=O)NCCCNc1c(C#N)c(C(=O)c2ccc(C)cc2)nn1-c1ccc(Cl)cc1. The van der Waals surface area contributed by atoms with Gasteiger partial charge in [-0.05, 0) is 37.6 Å². The fourth-order valence-corrected chi connectivity index (χ4v) is 3.14. The zero-order chi connectivity index (χ0) is 22.4. The number of carbonyl (C=O) groups is 2. The van der Waals surface area contributed by atoms with Gasteiger partial charge in [0.15, 0.2) is 5.69 Å². The number of benzene rings is 2. The van der Waals surface area contributed by atoms with Gasteiger partial charge in [0, 0.05) is 30.6 Å². The first-order valence-electron chi connectivity index (χ1n) is 9.79. The highest BCUT2D eigenvalue weighted by atomic mass is 35.5. The van der Waals surface area contributed by atoms with Crippen LogP contribution in [0.2, 0.25) is 5.02 Å². The van der Waals surface area contributed by atoms with Crippen LogP contribution in [0.15, 0.2) is 48.5 Å². The Morgan fingerprint density at radius 1 is 1.10 bits per heavy atom. The standard InChI is InChI=1S/C23H22ClN5O2/c1-15-4-6-17(7-5-15)22(31)21-20(14-25)23(27-13-3-12-26-16(2)30)29(28-21)19-10-8-18(24)9-11-19/h4-11,27H,3,12-13H2,1-2H3,(H,26,30). The highest BCUT2D eigenvalue weighted by molar-refractivity contribution is 6.30. The van der Waals surface area contributed by atoms with Crippen molar-refractivity contribution in [1.82, 2.24) is 15.1 Å². The van der Waals surface area contributed by atoms with E-state index in [-0.39, 0.29) is 22.9 Å². The van der Waals surface area contributed by atoms with E-state index in [0.29, 0.717) is 41.6 Å². The van der Waals surface area contributed by atoms with Crippen molar-refractivity contribution < 1.29 is 9.59 Å². The molecule has 0 radical (unpaired) electrons. The maximum Gasteiger partial charge on any atom is 0.216 e. The van der Waals surface area contributed by atoms with E-state index in [1.165, 1.54) is 11.6 Å². The minimum absolute atomic E-state index is 0.0747. The Kier molecular flexibility index (Phi) is 7.06. The number of halogens is 1. The van der Waals surface area contributed by atoms with Crippen LogP contribution in [0.5, 0.6) is 0 Å². The zero-order valence-corrected chi connectivity index (χ0v) is 18.0. The first-order chi connectivity index (χ1) is 14.9. The van der Waals surface area contributed by atoms with Gasteiger partial charge in [-0.2, -0.15) is 10.4 Å². The number of ketones is 1. The van der Waals surface area contributed by atoms with Crippen LogP contribution >= 0.6 is 11.6 Å². The summed E-state index contributed by atoms with van der Waals surface area (Å²) in [6.45, 7) is 4.37. The largest absolute Gasteiger partial charge is 0.369 e. The van der Waals surface area contributed by atoms with Gasteiger partial charge in [0.1, 0.15) is 17.5 Å². The summed E-state index contributed by atoms with van der Waals surface area (Å²) in [5.41, 5.74) is 2.39. The van der Waals surface area contributed by atoms with Crippen molar-refractivity contribution in [3.8, 4) is 11.8 Å². The molecule has 0 fully saturated rings. The molecular weight excluding hydrogens is 414 g/mol. The van der Waals surface area contributed by atoms with Crippen molar-refractivity contribution in [1.29, 1.82) is 5.26 Å². The van der Waals surface area contributed by atoms with Crippen molar-refractivity contribution in [2.24, 2.45) is 0 Å². The molecule has 0 bridgehead atoms. The first kappa shape index (κ1) is 22.1. The molecule has 0 aliphatic heterocycles. The summed E-state index contributed by atoms with van der Waals surface area (Å²) in [5, 5.41) is 20.8. The molecule has 0 spiro atoms. The summed E-state index contributed by atoms with van der Waals surface area (Å²) >= 11 is 6.00. The molecule has 3 rings (SSSR count). The molecule has 0 saturated heterocycles. The lowest BCUT2D eigenvalue weighted by Gasteiger charge is -2.10. The molecule has 1 amide bonds. The molecule has 1 aromatic heterocycles. The second-order valence-electron chi connectivity index (χ2n) is 7.03. The normalized spacial score (nSPS) is 10.4. The monoisotopic (exact) mass is 435 g/mol. The molecule has 0 atom stereocenters. The molecule has 0 aliphatic rings. The summed E-state index contributed by atoms with van der Waals surface area (Å²) in [6.07, 6.45) is 0.636. The molecule has 8 heteroatoms. The second-order valence-corrected chi connectivity index (χ2v) is 7.47. The van der Waals surface area contributed by atoms with E-state index in [2.05, 4.69) is 21.8 Å². The maximum absolute atomic E-state index is 13.1. The third-order valence-corrected chi connectivity index (χ3v) is 4.87. The third-order valence-electron chi connectivity index (χ3n) is 4.62. The van der Waals surface area contributed by atoms with Crippen molar-refractivity contribution in [2.45, 2.75) is 20.3 Å². The molecule has 0 aliphatic carbocycles. The van der Waals surface area contributed by atoms with Crippen LogP contribution < -0.4 is 10.6 Å². The number of nitrogens with one attached hydrogen (secondary N) is 2. The fourth-order valence-electron chi connectivity index (χ4n) is 3.02. The Labute approximate surface area is 185 Å². The summed E-state index contributed by atoms with van der Waals surface area (Å²) in [4.78, 5) is 24.2. The minimum atomic E-state index is -0.328. The van der Waals surface area contributed by atoms with E-state index >= 15 is 0 Å². The summed E-state index contributed by atoms with van der Waals surface area (Å²) < 4.78 is 1.54. The Balaban J connectivity index is 1.98. The van der Waals surface area contributed by atoms with Gasteiger partial charge in [-0.1, -0.05) is 41.4 Å². The molecule has 7 nitrogen and oxygen atoms in total. The minimum Gasteiger partial charge on any atom is -0.369 e. The lowest BCUT2D eigenvalue weighted by molar-refractivity contribution is -0.118. The molecule has 2 N–H and O–H groups in total. The van der Waals surface area contributed by atoms with Gasteiger partial charge >= 0.3 is 0 Å². The number of amides is 1. The Morgan fingerprint density at radius 2 is 1.77 bits per heavy atom.